The van der Waals surface area contributed by atoms with Gasteiger partial charge in [-0.15, -0.1) is 0 Å². The van der Waals surface area contributed by atoms with E-state index in [0.29, 0.717) is 18.0 Å². The standard InChI is InChI=1S/C12H9Cl2FN2O/c1-2-11-16-10(14)6-12(17-11)18-7-3-4-8(13)9(15)5-7/h3-6H,2H2,1H3. The number of aryl methyl sites for hydroxylation is 1. The zero-order valence-electron chi connectivity index (χ0n) is 9.45. The maximum absolute atomic E-state index is 13.2. The molecule has 0 radical (unpaired) electrons. The summed E-state index contributed by atoms with van der Waals surface area (Å²) < 4.78 is 18.6. The minimum atomic E-state index is -0.551. The Morgan fingerprint density at radius 1 is 1.22 bits per heavy atom. The van der Waals surface area contributed by atoms with E-state index in [0.717, 1.165) is 0 Å². The van der Waals surface area contributed by atoms with Crippen LogP contribution in [0.5, 0.6) is 11.6 Å². The van der Waals surface area contributed by atoms with Gasteiger partial charge in [0.2, 0.25) is 5.88 Å². The minimum Gasteiger partial charge on any atom is -0.439 e. The summed E-state index contributed by atoms with van der Waals surface area (Å²) in [4.78, 5) is 8.13. The molecule has 0 amide bonds. The van der Waals surface area contributed by atoms with Crippen LogP contribution in [0.15, 0.2) is 24.3 Å². The molecule has 1 aromatic heterocycles. The van der Waals surface area contributed by atoms with Crippen molar-refractivity contribution in [3.63, 3.8) is 0 Å². The highest BCUT2D eigenvalue weighted by atomic mass is 35.5. The van der Waals surface area contributed by atoms with Gasteiger partial charge in [0.15, 0.2) is 0 Å². The van der Waals surface area contributed by atoms with Crippen LogP contribution in [0.3, 0.4) is 0 Å². The molecule has 3 nitrogen and oxygen atoms in total. The van der Waals surface area contributed by atoms with E-state index >= 15 is 0 Å². The number of hydrogen-bond acceptors (Lipinski definition) is 3. The molecule has 0 aliphatic carbocycles. The van der Waals surface area contributed by atoms with Crippen LogP contribution in [-0.2, 0) is 6.42 Å². The summed E-state index contributed by atoms with van der Waals surface area (Å²) in [6.45, 7) is 1.90. The number of hydrogen-bond donors (Lipinski definition) is 0. The maximum atomic E-state index is 13.2. The van der Waals surface area contributed by atoms with Crippen molar-refractivity contribution >= 4 is 23.2 Å². The third-order valence-electron chi connectivity index (χ3n) is 2.15. The smallest absolute Gasteiger partial charge is 0.224 e. The van der Waals surface area contributed by atoms with E-state index in [4.69, 9.17) is 27.9 Å². The van der Waals surface area contributed by atoms with E-state index in [1.807, 2.05) is 6.92 Å². The second-order valence-corrected chi connectivity index (χ2v) is 4.27. The SMILES string of the molecule is CCc1nc(Cl)cc(Oc2ccc(Cl)c(F)c2)n1. The fourth-order valence-corrected chi connectivity index (χ4v) is 1.62. The van der Waals surface area contributed by atoms with Crippen molar-refractivity contribution < 1.29 is 9.13 Å². The molecule has 2 rings (SSSR count). The lowest BCUT2D eigenvalue weighted by atomic mass is 10.3. The first kappa shape index (κ1) is 13.1. The molecular weight excluding hydrogens is 278 g/mol. The van der Waals surface area contributed by atoms with Gasteiger partial charge < -0.3 is 4.74 Å². The first-order valence-electron chi connectivity index (χ1n) is 5.25. The molecule has 0 aliphatic rings. The highest BCUT2D eigenvalue weighted by Crippen LogP contribution is 2.25. The molecule has 0 spiro atoms. The topological polar surface area (TPSA) is 35.0 Å². The van der Waals surface area contributed by atoms with Crippen LogP contribution >= 0.6 is 23.2 Å². The molecule has 0 atom stereocenters. The van der Waals surface area contributed by atoms with Crippen LogP contribution in [0, 0.1) is 5.82 Å². The van der Waals surface area contributed by atoms with Crippen LogP contribution in [0.1, 0.15) is 12.7 Å². The van der Waals surface area contributed by atoms with Crippen LogP contribution in [-0.4, -0.2) is 9.97 Å². The number of halogens is 3. The zero-order valence-corrected chi connectivity index (χ0v) is 11.0. The molecule has 2 aromatic rings. The number of nitrogens with zero attached hydrogens (tertiary/aromatic N) is 2. The summed E-state index contributed by atoms with van der Waals surface area (Å²) in [5.74, 6) is 0.583. The van der Waals surface area contributed by atoms with Gasteiger partial charge in [-0.05, 0) is 12.1 Å². The molecule has 0 saturated heterocycles. The van der Waals surface area contributed by atoms with Gasteiger partial charge >= 0.3 is 0 Å². The van der Waals surface area contributed by atoms with Crippen LogP contribution in [0.4, 0.5) is 4.39 Å². The molecule has 0 saturated carbocycles. The Labute approximate surface area is 114 Å². The van der Waals surface area contributed by atoms with Crippen molar-refractivity contribution in [2.24, 2.45) is 0 Å². The molecule has 94 valence electrons. The van der Waals surface area contributed by atoms with Crippen LogP contribution < -0.4 is 4.74 Å². The summed E-state index contributed by atoms with van der Waals surface area (Å²) >= 11 is 11.4. The van der Waals surface area contributed by atoms with Gasteiger partial charge in [-0.2, -0.15) is 4.98 Å². The quantitative estimate of drug-likeness (QED) is 0.790. The predicted octanol–water partition coefficient (Wildman–Crippen LogP) is 4.28. The van der Waals surface area contributed by atoms with Gasteiger partial charge in [-0.25, -0.2) is 9.37 Å². The van der Waals surface area contributed by atoms with Crippen molar-refractivity contribution in [2.45, 2.75) is 13.3 Å². The van der Waals surface area contributed by atoms with Gasteiger partial charge in [0.25, 0.3) is 0 Å². The van der Waals surface area contributed by atoms with Crippen molar-refractivity contribution in [3.8, 4) is 11.6 Å². The molecule has 0 bridgehead atoms. The summed E-state index contributed by atoms with van der Waals surface area (Å²) in [6, 6.07) is 5.61. The minimum absolute atomic E-state index is 0.0392. The maximum Gasteiger partial charge on any atom is 0.224 e. The normalized spacial score (nSPS) is 10.4. The Hall–Kier alpha value is -1.39. The zero-order chi connectivity index (χ0) is 13.1. The lowest BCUT2D eigenvalue weighted by molar-refractivity contribution is 0.454. The first-order chi connectivity index (χ1) is 8.58. The Balaban J connectivity index is 2.27. The van der Waals surface area contributed by atoms with Crippen molar-refractivity contribution in [2.75, 3.05) is 0 Å². The van der Waals surface area contributed by atoms with E-state index in [-0.39, 0.29) is 16.1 Å². The summed E-state index contributed by atoms with van der Waals surface area (Å²) in [6.07, 6.45) is 0.631. The lowest BCUT2D eigenvalue weighted by Crippen LogP contribution is -1.96. The number of ether oxygens (including phenoxy) is 1. The van der Waals surface area contributed by atoms with Crippen LogP contribution in [0.2, 0.25) is 10.2 Å². The highest BCUT2D eigenvalue weighted by Gasteiger charge is 2.06. The van der Waals surface area contributed by atoms with E-state index in [2.05, 4.69) is 9.97 Å². The molecular formula is C12H9Cl2FN2O. The lowest BCUT2D eigenvalue weighted by Gasteiger charge is -2.06. The van der Waals surface area contributed by atoms with Crippen molar-refractivity contribution in [3.05, 3.63) is 46.1 Å². The summed E-state index contributed by atoms with van der Waals surface area (Å²) in [5, 5.41) is 0.323. The predicted molar refractivity (Wildman–Crippen MR) is 67.9 cm³/mol. The molecule has 18 heavy (non-hydrogen) atoms. The van der Waals surface area contributed by atoms with Gasteiger partial charge in [0.1, 0.15) is 22.5 Å². The third-order valence-corrected chi connectivity index (χ3v) is 2.65. The summed E-state index contributed by atoms with van der Waals surface area (Å²) in [5.41, 5.74) is 0. The van der Waals surface area contributed by atoms with E-state index in [1.165, 1.54) is 18.2 Å². The third kappa shape index (κ3) is 3.09. The molecule has 1 heterocycles. The highest BCUT2D eigenvalue weighted by molar-refractivity contribution is 6.30. The molecule has 0 aliphatic heterocycles. The Kier molecular flexibility index (Phi) is 3.99. The van der Waals surface area contributed by atoms with E-state index < -0.39 is 5.82 Å². The number of rotatable bonds is 3. The second kappa shape index (κ2) is 5.50. The largest absolute Gasteiger partial charge is 0.439 e. The second-order valence-electron chi connectivity index (χ2n) is 3.48. The Bertz CT molecular complexity index is 578. The summed E-state index contributed by atoms with van der Waals surface area (Å²) in [7, 11) is 0. The molecule has 0 N–H and O–H groups in total. The monoisotopic (exact) mass is 286 g/mol. The van der Waals surface area contributed by atoms with Crippen molar-refractivity contribution in [1.82, 2.24) is 9.97 Å². The first-order valence-corrected chi connectivity index (χ1v) is 6.00. The van der Waals surface area contributed by atoms with Gasteiger partial charge in [-0.3, -0.25) is 0 Å². The fourth-order valence-electron chi connectivity index (χ4n) is 1.31. The molecule has 0 unspecified atom stereocenters. The van der Waals surface area contributed by atoms with E-state index in [9.17, 15) is 4.39 Å². The Morgan fingerprint density at radius 2 is 2.00 bits per heavy atom. The van der Waals surface area contributed by atoms with Crippen LogP contribution in [0.25, 0.3) is 0 Å². The van der Waals surface area contributed by atoms with Gasteiger partial charge in [0, 0.05) is 18.6 Å². The molecule has 1 aromatic carbocycles. The fraction of sp³-hybridized carbons (Fsp3) is 0.167. The van der Waals surface area contributed by atoms with Gasteiger partial charge in [-0.1, -0.05) is 30.1 Å². The molecule has 6 heteroatoms. The average molecular weight is 287 g/mol. The van der Waals surface area contributed by atoms with Crippen molar-refractivity contribution in [1.29, 1.82) is 0 Å². The van der Waals surface area contributed by atoms with Gasteiger partial charge in [0.05, 0.1) is 5.02 Å². The average Bonchev–Trinajstić information content (AvgIpc) is 2.33. The molecule has 0 fully saturated rings. The number of aromatic nitrogens is 2. The Morgan fingerprint density at radius 3 is 2.67 bits per heavy atom. The number of benzene rings is 1. The van der Waals surface area contributed by atoms with E-state index in [1.54, 1.807) is 6.07 Å².